The Bertz CT molecular complexity index is 1970. The van der Waals surface area contributed by atoms with Crippen molar-refractivity contribution >= 4 is 29.5 Å². The van der Waals surface area contributed by atoms with Gasteiger partial charge in [0, 0.05) is 106 Å². The highest BCUT2D eigenvalue weighted by Crippen LogP contribution is 2.21. The van der Waals surface area contributed by atoms with E-state index in [0.717, 1.165) is 162 Å². The Morgan fingerprint density at radius 3 is 1.06 bits per heavy atom. The van der Waals surface area contributed by atoms with Crippen LogP contribution in [0.5, 0.6) is 0 Å². The molecule has 0 spiro atoms. The van der Waals surface area contributed by atoms with Crippen LogP contribution in [-0.2, 0) is 42.9 Å². The van der Waals surface area contributed by atoms with Crippen molar-refractivity contribution in [1.29, 1.82) is 0 Å². The number of hydrogen-bond acceptors (Lipinski definition) is 14. The Labute approximate surface area is 638 Å². The molecule has 5 amide bonds. The van der Waals surface area contributed by atoms with Gasteiger partial charge in [0.15, 0.2) is 0 Å². The van der Waals surface area contributed by atoms with E-state index in [-0.39, 0.29) is 67.8 Å². The highest BCUT2D eigenvalue weighted by molar-refractivity contribution is 5.83. The van der Waals surface area contributed by atoms with E-state index in [0.29, 0.717) is 5.41 Å². The van der Waals surface area contributed by atoms with Crippen LogP contribution < -0.4 is 26.6 Å². The molecule has 5 saturated heterocycles. The molecule has 5 heterocycles. The molecule has 103 heavy (non-hydrogen) atoms. The quantitative estimate of drug-likeness (QED) is 0.0606. The van der Waals surface area contributed by atoms with Gasteiger partial charge in [-0.1, -0.05) is 165 Å². The number of ether oxygens (including phenoxy) is 4. The summed E-state index contributed by atoms with van der Waals surface area (Å²) in [6.45, 7) is 81.2. The van der Waals surface area contributed by atoms with Crippen LogP contribution >= 0.6 is 0 Å². The molecule has 19 heteroatoms. The zero-order valence-corrected chi connectivity index (χ0v) is 73.8. The van der Waals surface area contributed by atoms with Crippen LogP contribution in [0.4, 0.5) is 0 Å². The van der Waals surface area contributed by atoms with Crippen LogP contribution in [0.2, 0.25) is 0 Å². The second-order valence-electron chi connectivity index (χ2n) is 36.9. The molecule has 0 saturated carbocycles. The first-order chi connectivity index (χ1) is 47.5. The van der Waals surface area contributed by atoms with E-state index in [2.05, 4.69) is 127 Å². The van der Waals surface area contributed by atoms with Crippen molar-refractivity contribution in [2.45, 2.75) is 308 Å². The largest absolute Gasteiger partial charge is 0.381 e. The third-order valence-electron chi connectivity index (χ3n) is 16.9. The number of carbonyl (C=O) groups is 5. The monoisotopic (exact) mass is 1470 g/mol. The molecule has 5 aliphatic heterocycles. The first-order valence-corrected chi connectivity index (χ1v) is 40.9. The SMILES string of the molecule is CC.CC(C)(C)C(=O)NCCC1CCOCC1.CC(C)(C)C(=O)NCCCN1CCCCC1.CC(C)(C)C(=O)NCCN1CCCCC1.CC(C)(C)CCN1CCOCC1.CC(C)(C)OCCN1CCCC1.CCCNC(=O)C(C)(C)C.CCCNC(=O)C(C)(C)C.CN(C)CCCOC(C)(C)C. The van der Waals surface area contributed by atoms with Gasteiger partial charge < -0.3 is 65.1 Å². The van der Waals surface area contributed by atoms with E-state index in [9.17, 15) is 24.0 Å². The molecular weight excluding hydrogens is 1290 g/mol. The van der Waals surface area contributed by atoms with Gasteiger partial charge in [-0.15, -0.1) is 0 Å². The second kappa shape index (κ2) is 58.9. The van der Waals surface area contributed by atoms with Crippen LogP contribution in [-0.4, -0.2) is 237 Å². The van der Waals surface area contributed by atoms with Crippen molar-refractivity contribution in [3.05, 3.63) is 0 Å². The van der Waals surface area contributed by atoms with Crippen molar-refractivity contribution in [1.82, 2.24) is 51.1 Å². The maximum Gasteiger partial charge on any atom is 0.225 e. The van der Waals surface area contributed by atoms with Gasteiger partial charge in [-0.2, -0.15) is 0 Å². The van der Waals surface area contributed by atoms with Crippen molar-refractivity contribution < 1.29 is 42.9 Å². The summed E-state index contributed by atoms with van der Waals surface area (Å²) in [7, 11) is 4.16. The summed E-state index contributed by atoms with van der Waals surface area (Å²) < 4.78 is 21.8. The number of hydrogen-bond donors (Lipinski definition) is 5. The minimum atomic E-state index is -0.268. The van der Waals surface area contributed by atoms with Crippen LogP contribution in [0.15, 0.2) is 0 Å². The molecule has 0 atom stereocenters. The zero-order chi connectivity index (χ0) is 80.0. The summed E-state index contributed by atoms with van der Waals surface area (Å²) in [5.74, 6) is 1.46. The second-order valence-corrected chi connectivity index (χ2v) is 36.9. The minimum absolute atomic E-state index is 0.0202. The van der Waals surface area contributed by atoms with E-state index in [1.165, 1.54) is 104 Å². The summed E-state index contributed by atoms with van der Waals surface area (Å²) in [6.07, 6.45) is 19.7. The number of amides is 5. The molecule has 0 aromatic rings. The first kappa shape index (κ1) is 106. The average Bonchev–Trinajstić information content (AvgIpc) is 1.26. The molecule has 5 rings (SSSR count). The maximum absolute atomic E-state index is 11.6. The lowest BCUT2D eigenvalue weighted by Gasteiger charge is -2.29. The molecular formula is C84H176N10O9. The van der Waals surface area contributed by atoms with Crippen molar-refractivity contribution in [3.63, 3.8) is 0 Å². The van der Waals surface area contributed by atoms with Gasteiger partial charge in [0.1, 0.15) is 0 Å². The molecule has 0 aromatic heterocycles. The number of nitrogens with one attached hydrogen (secondary N) is 5. The standard InChI is InChI=1S/C13H26N2O.C12H24N2O.C12H23NO2.2C10H21NO.C9H21NO.2C8H17NO.C2H6/c1-13(2,3)12(16)14-8-7-11-15-9-5-4-6-10-15;1-12(2,3)11(15)13-7-10-14-8-5-4-6-9-14;1-12(2,3)11(14)13-7-4-10-5-8-15-9-6-10;1-10(2,3)4-5-11-6-8-12-9-7-11;1-10(2,3)12-9-8-11-6-4-5-7-11;1-9(2,3)11-8-6-7-10(4)5;2*1-5-6-9-7(10)8(2,3)4;1-2/h4-11H2,1-3H3,(H,14,16);4-10H2,1-3H3,(H,13,15);10H,4-9H2,1-3H3,(H,13,14);2*4-9H2,1-3H3;6-8H2,1-5H3;2*5-6H2,1-4H3,(H,9,10);1-2H3. The summed E-state index contributed by atoms with van der Waals surface area (Å²) >= 11 is 0. The molecule has 0 aliphatic carbocycles. The van der Waals surface area contributed by atoms with Crippen molar-refractivity contribution in [2.75, 3.05) is 172 Å². The van der Waals surface area contributed by atoms with Gasteiger partial charge in [-0.3, -0.25) is 28.9 Å². The number of rotatable bonds is 23. The van der Waals surface area contributed by atoms with E-state index in [1.807, 2.05) is 132 Å². The van der Waals surface area contributed by atoms with Gasteiger partial charge in [0.05, 0.1) is 31.0 Å². The predicted molar refractivity (Wildman–Crippen MR) is 439 cm³/mol. The molecule has 5 N–H and O–H groups in total. The number of nitrogens with zero attached hydrogens (tertiary/aromatic N) is 5. The van der Waals surface area contributed by atoms with Crippen LogP contribution in [0.1, 0.15) is 297 Å². The molecule has 19 nitrogen and oxygen atoms in total. The lowest BCUT2D eigenvalue weighted by atomic mass is 9.92. The Morgan fingerprint density at radius 1 is 0.379 bits per heavy atom. The molecule has 0 bridgehead atoms. The number of likely N-dealkylation sites (tertiary alicyclic amines) is 3. The number of carbonyl (C=O) groups excluding carboxylic acids is 5. The smallest absolute Gasteiger partial charge is 0.225 e. The van der Waals surface area contributed by atoms with Crippen molar-refractivity contribution in [3.8, 4) is 0 Å². The lowest BCUT2D eigenvalue weighted by Crippen LogP contribution is -2.41. The Balaban J connectivity index is -0.000000545. The minimum Gasteiger partial charge on any atom is -0.381 e. The third-order valence-corrected chi connectivity index (χ3v) is 16.9. The molecule has 0 aromatic carbocycles. The summed E-state index contributed by atoms with van der Waals surface area (Å²) in [5, 5.41) is 14.6. The number of morpholine rings is 1. The zero-order valence-electron chi connectivity index (χ0n) is 73.8. The predicted octanol–water partition coefficient (Wildman–Crippen LogP) is 15.2. The molecule has 0 unspecified atom stereocenters. The van der Waals surface area contributed by atoms with E-state index >= 15 is 0 Å². The fraction of sp³-hybridized carbons (Fsp3) is 0.940. The third kappa shape index (κ3) is 71.7. The Kier molecular flexibility index (Phi) is 60.9. The lowest BCUT2D eigenvalue weighted by molar-refractivity contribution is -0.129. The van der Waals surface area contributed by atoms with Crippen LogP contribution in [0, 0.1) is 38.4 Å². The van der Waals surface area contributed by atoms with Crippen LogP contribution in [0.3, 0.4) is 0 Å². The van der Waals surface area contributed by atoms with Gasteiger partial charge >= 0.3 is 0 Å². The molecule has 616 valence electrons. The molecule has 5 aliphatic rings. The Morgan fingerprint density at radius 2 is 0.699 bits per heavy atom. The van der Waals surface area contributed by atoms with E-state index in [4.69, 9.17) is 18.9 Å². The van der Waals surface area contributed by atoms with E-state index in [1.54, 1.807) is 0 Å². The fourth-order valence-electron chi connectivity index (χ4n) is 9.99. The highest BCUT2D eigenvalue weighted by atomic mass is 16.5. The first-order valence-electron chi connectivity index (χ1n) is 40.9. The summed E-state index contributed by atoms with van der Waals surface area (Å²) in [5.41, 5.74) is -0.753. The summed E-state index contributed by atoms with van der Waals surface area (Å²) in [6, 6.07) is 0. The van der Waals surface area contributed by atoms with Gasteiger partial charge in [-0.25, -0.2) is 0 Å². The number of piperidine rings is 2. The van der Waals surface area contributed by atoms with Gasteiger partial charge in [-0.05, 0) is 216 Å². The molecule has 5 fully saturated rings. The summed E-state index contributed by atoms with van der Waals surface area (Å²) in [4.78, 5) is 69.1. The van der Waals surface area contributed by atoms with Crippen LogP contribution in [0.25, 0.3) is 0 Å². The van der Waals surface area contributed by atoms with Gasteiger partial charge in [0.2, 0.25) is 29.5 Å². The van der Waals surface area contributed by atoms with E-state index < -0.39 is 0 Å². The Hall–Kier alpha value is -3.01. The van der Waals surface area contributed by atoms with Gasteiger partial charge in [0.25, 0.3) is 0 Å². The fourth-order valence-corrected chi connectivity index (χ4v) is 9.99. The normalized spacial score (nSPS) is 16.8. The average molecular weight is 1470 g/mol. The maximum atomic E-state index is 11.6. The topological polar surface area (TPSA) is 199 Å². The highest BCUT2D eigenvalue weighted by Gasteiger charge is 2.25. The van der Waals surface area contributed by atoms with Crippen molar-refractivity contribution in [2.24, 2.45) is 38.4 Å². The molecule has 0 radical (unpaired) electrons.